The fraction of sp³-hybridized carbons (Fsp3) is 0.118. The van der Waals surface area contributed by atoms with E-state index in [2.05, 4.69) is 15.8 Å². The van der Waals surface area contributed by atoms with Crippen molar-refractivity contribution < 1.29 is 14.7 Å². The topological polar surface area (TPSA) is 90.8 Å². The molecule has 0 aromatic heterocycles. The van der Waals surface area contributed by atoms with E-state index in [4.69, 9.17) is 0 Å². The van der Waals surface area contributed by atoms with Gasteiger partial charge < -0.3 is 10.4 Å². The SMILES string of the molecule is Cc1ccc(NC(=O)C(=O)N/N=C\c2ccccc2O)c(C)c1. The molecule has 0 atom stereocenters. The van der Waals surface area contributed by atoms with Gasteiger partial charge in [-0.05, 0) is 37.6 Å². The van der Waals surface area contributed by atoms with Crippen molar-refractivity contribution in [3.8, 4) is 5.75 Å². The maximum Gasteiger partial charge on any atom is 0.329 e. The summed E-state index contributed by atoms with van der Waals surface area (Å²) in [4.78, 5) is 23.5. The molecular formula is C17H17N3O3. The molecule has 2 rings (SSSR count). The van der Waals surface area contributed by atoms with Crippen molar-refractivity contribution in [1.29, 1.82) is 0 Å². The van der Waals surface area contributed by atoms with Gasteiger partial charge in [-0.3, -0.25) is 9.59 Å². The van der Waals surface area contributed by atoms with E-state index in [1.165, 1.54) is 12.3 Å². The molecule has 0 bridgehead atoms. The van der Waals surface area contributed by atoms with E-state index in [0.717, 1.165) is 11.1 Å². The number of hydrogen-bond acceptors (Lipinski definition) is 4. The molecule has 0 heterocycles. The number of carbonyl (C=O) groups excluding carboxylic acids is 2. The number of nitrogens with zero attached hydrogens (tertiary/aromatic N) is 1. The highest BCUT2D eigenvalue weighted by molar-refractivity contribution is 6.39. The first-order valence-corrected chi connectivity index (χ1v) is 6.97. The number of anilines is 1. The van der Waals surface area contributed by atoms with Gasteiger partial charge >= 0.3 is 11.8 Å². The monoisotopic (exact) mass is 311 g/mol. The molecule has 0 aliphatic carbocycles. The van der Waals surface area contributed by atoms with Gasteiger partial charge in [0.2, 0.25) is 0 Å². The molecule has 118 valence electrons. The number of aromatic hydroxyl groups is 1. The zero-order valence-electron chi connectivity index (χ0n) is 12.8. The van der Waals surface area contributed by atoms with Crippen LogP contribution in [0, 0.1) is 13.8 Å². The van der Waals surface area contributed by atoms with Crippen molar-refractivity contribution in [2.24, 2.45) is 5.10 Å². The highest BCUT2D eigenvalue weighted by Gasteiger charge is 2.13. The van der Waals surface area contributed by atoms with Crippen LogP contribution in [0.1, 0.15) is 16.7 Å². The first-order valence-electron chi connectivity index (χ1n) is 6.97. The lowest BCUT2D eigenvalue weighted by Gasteiger charge is -2.08. The summed E-state index contributed by atoms with van der Waals surface area (Å²) in [5.74, 6) is -1.67. The smallest absolute Gasteiger partial charge is 0.329 e. The fourth-order valence-corrected chi connectivity index (χ4v) is 1.94. The number of carbonyl (C=O) groups is 2. The first-order chi connectivity index (χ1) is 11.0. The molecule has 2 aromatic carbocycles. The largest absolute Gasteiger partial charge is 0.507 e. The Morgan fingerprint density at radius 1 is 1.09 bits per heavy atom. The molecule has 0 spiro atoms. The lowest BCUT2D eigenvalue weighted by Crippen LogP contribution is -2.32. The molecule has 0 aliphatic heterocycles. The lowest BCUT2D eigenvalue weighted by atomic mass is 10.1. The Kier molecular flexibility index (Phi) is 5.09. The predicted molar refractivity (Wildman–Crippen MR) is 88.4 cm³/mol. The molecular weight excluding hydrogens is 294 g/mol. The van der Waals surface area contributed by atoms with Gasteiger partial charge in [0.1, 0.15) is 5.75 Å². The minimum absolute atomic E-state index is 0.0326. The Morgan fingerprint density at radius 2 is 1.83 bits per heavy atom. The van der Waals surface area contributed by atoms with Crippen LogP contribution in [0.4, 0.5) is 5.69 Å². The molecule has 2 aromatic rings. The number of nitrogens with one attached hydrogen (secondary N) is 2. The summed E-state index contributed by atoms with van der Waals surface area (Å²) < 4.78 is 0. The Balaban J connectivity index is 1.95. The van der Waals surface area contributed by atoms with Crippen LogP contribution in [0.25, 0.3) is 0 Å². The standard InChI is InChI=1S/C17H17N3O3/c1-11-7-8-14(12(2)9-11)19-16(22)17(23)20-18-10-13-5-3-4-6-15(13)21/h3-10,21H,1-2H3,(H,19,22)(H,20,23)/b18-10-. The number of phenols is 1. The summed E-state index contributed by atoms with van der Waals surface area (Å²) in [7, 11) is 0. The Labute approximate surface area is 133 Å². The van der Waals surface area contributed by atoms with E-state index >= 15 is 0 Å². The highest BCUT2D eigenvalue weighted by Crippen LogP contribution is 2.15. The number of phenolic OH excluding ortho intramolecular Hbond substituents is 1. The quantitative estimate of drug-likeness (QED) is 0.460. The summed E-state index contributed by atoms with van der Waals surface area (Å²) in [5, 5.41) is 15.7. The lowest BCUT2D eigenvalue weighted by molar-refractivity contribution is -0.136. The fourth-order valence-electron chi connectivity index (χ4n) is 1.94. The third-order valence-electron chi connectivity index (χ3n) is 3.14. The van der Waals surface area contributed by atoms with Crippen LogP contribution in [0.3, 0.4) is 0 Å². The van der Waals surface area contributed by atoms with Gasteiger partial charge in [0.25, 0.3) is 0 Å². The van der Waals surface area contributed by atoms with Gasteiger partial charge in [-0.25, -0.2) is 5.43 Å². The summed E-state index contributed by atoms with van der Waals surface area (Å²) >= 11 is 0. The van der Waals surface area contributed by atoms with Crippen molar-refractivity contribution in [3.63, 3.8) is 0 Å². The maximum absolute atomic E-state index is 11.8. The van der Waals surface area contributed by atoms with Gasteiger partial charge in [0, 0.05) is 11.3 Å². The van der Waals surface area contributed by atoms with E-state index in [-0.39, 0.29) is 5.75 Å². The number of rotatable bonds is 3. The highest BCUT2D eigenvalue weighted by atomic mass is 16.3. The van der Waals surface area contributed by atoms with Crippen molar-refractivity contribution in [2.45, 2.75) is 13.8 Å². The molecule has 0 saturated carbocycles. The molecule has 0 unspecified atom stereocenters. The van der Waals surface area contributed by atoms with Gasteiger partial charge in [0.05, 0.1) is 6.21 Å². The third-order valence-corrected chi connectivity index (χ3v) is 3.14. The van der Waals surface area contributed by atoms with Gasteiger partial charge in [-0.2, -0.15) is 5.10 Å². The Bertz CT molecular complexity index is 769. The summed E-state index contributed by atoms with van der Waals surface area (Å²) in [6.45, 7) is 3.79. The molecule has 0 radical (unpaired) electrons. The molecule has 0 fully saturated rings. The third kappa shape index (κ3) is 4.41. The average molecular weight is 311 g/mol. The van der Waals surface area contributed by atoms with E-state index in [9.17, 15) is 14.7 Å². The van der Waals surface area contributed by atoms with Crippen LogP contribution < -0.4 is 10.7 Å². The second-order valence-electron chi connectivity index (χ2n) is 5.03. The van der Waals surface area contributed by atoms with Crippen LogP contribution >= 0.6 is 0 Å². The second-order valence-corrected chi connectivity index (χ2v) is 5.03. The van der Waals surface area contributed by atoms with Crippen LogP contribution in [-0.4, -0.2) is 23.1 Å². The normalized spacial score (nSPS) is 10.5. The van der Waals surface area contributed by atoms with E-state index in [1.54, 1.807) is 24.3 Å². The van der Waals surface area contributed by atoms with E-state index in [0.29, 0.717) is 11.3 Å². The van der Waals surface area contributed by atoms with Crippen LogP contribution in [-0.2, 0) is 9.59 Å². The summed E-state index contributed by atoms with van der Waals surface area (Å²) in [6, 6.07) is 12.0. The zero-order chi connectivity index (χ0) is 16.8. The number of hydrazone groups is 1. The number of para-hydroxylation sites is 1. The average Bonchev–Trinajstić information content (AvgIpc) is 2.51. The van der Waals surface area contributed by atoms with Crippen molar-refractivity contribution >= 4 is 23.7 Å². The van der Waals surface area contributed by atoms with Crippen molar-refractivity contribution in [3.05, 3.63) is 59.2 Å². The molecule has 0 saturated heterocycles. The summed E-state index contributed by atoms with van der Waals surface area (Å²) in [6.07, 6.45) is 1.26. The van der Waals surface area contributed by atoms with Crippen LogP contribution in [0.5, 0.6) is 5.75 Å². The minimum Gasteiger partial charge on any atom is -0.507 e. The summed E-state index contributed by atoms with van der Waals surface area (Å²) in [5.41, 5.74) is 5.05. The Morgan fingerprint density at radius 3 is 2.52 bits per heavy atom. The molecule has 23 heavy (non-hydrogen) atoms. The number of benzene rings is 2. The van der Waals surface area contributed by atoms with Gasteiger partial charge in [-0.15, -0.1) is 0 Å². The zero-order valence-corrected chi connectivity index (χ0v) is 12.8. The minimum atomic E-state index is -0.892. The van der Waals surface area contributed by atoms with Gasteiger partial charge in [0.15, 0.2) is 0 Å². The Hall–Kier alpha value is -3.15. The predicted octanol–water partition coefficient (Wildman–Crippen LogP) is 2.10. The van der Waals surface area contributed by atoms with Crippen molar-refractivity contribution in [1.82, 2.24) is 5.43 Å². The molecule has 6 heteroatoms. The van der Waals surface area contributed by atoms with Crippen molar-refractivity contribution in [2.75, 3.05) is 5.32 Å². The second kappa shape index (κ2) is 7.22. The maximum atomic E-state index is 11.8. The van der Waals surface area contributed by atoms with Crippen LogP contribution in [0.2, 0.25) is 0 Å². The number of aryl methyl sites for hydroxylation is 2. The van der Waals surface area contributed by atoms with E-state index in [1.807, 2.05) is 26.0 Å². The molecule has 0 aliphatic rings. The number of hydrogen-bond donors (Lipinski definition) is 3. The number of amides is 2. The first kappa shape index (κ1) is 16.2. The van der Waals surface area contributed by atoms with E-state index < -0.39 is 11.8 Å². The molecule has 6 nitrogen and oxygen atoms in total. The van der Waals surface area contributed by atoms with Gasteiger partial charge in [-0.1, -0.05) is 29.8 Å². The molecule has 3 N–H and O–H groups in total. The van der Waals surface area contributed by atoms with Crippen LogP contribution in [0.15, 0.2) is 47.6 Å². The molecule has 2 amide bonds.